The molecule has 1 N–H and O–H groups in total. The molecule has 0 bridgehead atoms. The van der Waals surface area contributed by atoms with E-state index in [0.29, 0.717) is 22.7 Å². The molecule has 1 aromatic carbocycles. The molecule has 6 nitrogen and oxygen atoms in total. The Morgan fingerprint density at radius 2 is 2.00 bits per heavy atom. The smallest absolute Gasteiger partial charge is 0.272 e. The van der Waals surface area contributed by atoms with Crippen molar-refractivity contribution in [3.8, 4) is 5.75 Å². The van der Waals surface area contributed by atoms with Gasteiger partial charge in [-0.25, -0.2) is 13.8 Å². The molecule has 30 heavy (non-hydrogen) atoms. The minimum Gasteiger partial charge on any atom is -0.488 e. The van der Waals surface area contributed by atoms with Crippen LogP contribution in [0.1, 0.15) is 53.9 Å². The number of fused-ring (bicyclic) bond motifs is 1. The Labute approximate surface area is 174 Å². The van der Waals surface area contributed by atoms with Crippen LogP contribution in [0, 0.1) is 12.8 Å². The van der Waals surface area contributed by atoms with Gasteiger partial charge in [-0.3, -0.25) is 9.59 Å². The van der Waals surface area contributed by atoms with Crippen LogP contribution in [-0.2, 0) is 11.3 Å². The standard InChI is InChI=1S/C22H25F2N3O3/c1-12(2)21(28)26-20-18-10-27(22(29)17(18)5-6-25-20)14(4)15-7-13(3)8-16(9-15)30-11-19(23)24/h5-9,12,14,19H,10-11H2,1-4H3,(H,25,26,28). The van der Waals surface area contributed by atoms with Crippen molar-refractivity contribution in [3.63, 3.8) is 0 Å². The summed E-state index contributed by atoms with van der Waals surface area (Å²) >= 11 is 0. The van der Waals surface area contributed by atoms with E-state index in [4.69, 9.17) is 4.74 Å². The average Bonchev–Trinajstić information content (AvgIpc) is 3.03. The number of anilines is 1. The molecule has 160 valence electrons. The lowest BCUT2D eigenvalue weighted by atomic mass is 10.0. The van der Waals surface area contributed by atoms with Crippen LogP contribution in [-0.4, -0.2) is 34.7 Å². The second kappa shape index (κ2) is 8.77. The number of amides is 2. The van der Waals surface area contributed by atoms with Gasteiger partial charge in [0.1, 0.15) is 18.2 Å². The lowest BCUT2D eigenvalue weighted by Crippen LogP contribution is -2.27. The maximum atomic E-state index is 13.0. The molecule has 2 amide bonds. The summed E-state index contributed by atoms with van der Waals surface area (Å²) in [5.41, 5.74) is 2.79. The van der Waals surface area contributed by atoms with Crippen LogP contribution in [0.2, 0.25) is 0 Å². The van der Waals surface area contributed by atoms with Crippen molar-refractivity contribution in [2.75, 3.05) is 11.9 Å². The van der Waals surface area contributed by atoms with Crippen LogP contribution < -0.4 is 10.1 Å². The normalized spacial score (nSPS) is 14.3. The summed E-state index contributed by atoms with van der Waals surface area (Å²) in [6, 6.07) is 6.57. The van der Waals surface area contributed by atoms with Crippen molar-refractivity contribution in [1.82, 2.24) is 9.88 Å². The molecule has 0 fully saturated rings. The molecule has 0 radical (unpaired) electrons. The molecule has 1 aromatic heterocycles. The Hall–Kier alpha value is -3.03. The van der Waals surface area contributed by atoms with Gasteiger partial charge in [0.2, 0.25) is 5.91 Å². The third-order valence-corrected chi connectivity index (χ3v) is 5.04. The van der Waals surface area contributed by atoms with Crippen molar-refractivity contribution in [2.45, 2.75) is 46.7 Å². The largest absolute Gasteiger partial charge is 0.488 e. The maximum Gasteiger partial charge on any atom is 0.272 e. The Bertz CT molecular complexity index is 963. The van der Waals surface area contributed by atoms with Crippen LogP contribution >= 0.6 is 0 Å². The van der Waals surface area contributed by atoms with Gasteiger partial charge in [-0.1, -0.05) is 19.9 Å². The SMILES string of the molecule is Cc1cc(OCC(F)F)cc(C(C)N2Cc3c(ccnc3NC(=O)C(C)C)C2=O)c1. The van der Waals surface area contributed by atoms with Gasteiger partial charge in [-0.15, -0.1) is 0 Å². The summed E-state index contributed by atoms with van der Waals surface area (Å²) in [6.45, 7) is 6.88. The number of hydrogen-bond donors (Lipinski definition) is 1. The van der Waals surface area contributed by atoms with E-state index in [0.717, 1.165) is 11.1 Å². The molecule has 0 aliphatic carbocycles. The van der Waals surface area contributed by atoms with Gasteiger partial charge < -0.3 is 15.0 Å². The first-order chi connectivity index (χ1) is 14.2. The summed E-state index contributed by atoms with van der Waals surface area (Å²) in [6.07, 6.45) is -1.06. The highest BCUT2D eigenvalue weighted by Crippen LogP contribution is 2.35. The molecule has 3 rings (SSSR count). The van der Waals surface area contributed by atoms with Crippen molar-refractivity contribution in [1.29, 1.82) is 0 Å². The van der Waals surface area contributed by atoms with Gasteiger partial charge >= 0.3 is 0 Å². The summed E-state index contributed by atoms with van der Waals surface area (Å²) in [4.78, 5) is 31.0. The van der Waals surface area contributed by atoms with Crippen LogP contribution in [0.25, 0.3) is 0 Å². The van der Waals surface area contributed by atoms with Gasteiger partial charge in [-0.2, -0.15) is 0 Å². The Balaban J connectivity index is 1.85. The fraction of sp³-hybridized carbons (Fsp3) is 0.409. The summed E-state index contributed by atoms with van der Waals surface area (Å²) in [5, 5.41) is 2.79. The number of ether oxygens (including phenoxy) is 1. The monoisotopic (exact) mass is 417 g/mol. The van der Waals surface area contributed by atoms with E-state index in [9.17, 15) is 18.4 Å². The summed E-state index contributed by atoms with van der Waals surface area (Å²) in [5.74, 6) is 0.173. The quantitative estimate of drug-likeness (QED) is 0.727. The number of benzene rings is 1. The molecule has 0 saturated carbocycles. The van der Waals surface area contributed by atoms with Crippen molar-refractivity contribution in [2.24, 2.45) is 5.92 Å². The minimum absolute atomic E-state index is 0.170. The fourth-order valence-corrected chi connectivity index (χ4v) is 3.37. The van der Waals surface area contributed by atoms with E-state index >= 15 is 0 Å². The lowest BCUT2D eigenvalue weighted by molar-refractivity contribution is -0.118. The highest BCUT2D eigenvalue weighted by atomic mass is 19.3. The molecule has 1 unspecified atom stereocenters. The molecule has 0 spiro atoms. The van der Waals surface area contributed by atoms with Crippen molar-refractivity contribution >= 4 is 17.6 Å². The number of alkyl halides is 2. The van der Waals surface area contributed by atoms with E-state index in [1.165, 1.54) is 6.20 Å². The molecular weight excluding hydrogens is 392 g/mol. The lowest BCUT2D eigenvalue weighted by Gasteiger charge is -2.25. The van der Waals surface area contributed by atoms with E-state index in [-0.39, 0.29) is 30.3 Å². The zero-order valence-electron chi connectivity index (χ0n) is 17.4. The Kier molecular flexibility index (Phi) is 6.34. The predicted molar refractivity (Wildman–Crippen MR) is 109 cm³/mol. The predicted octanol–water partition coefficient (Wildman–Crippen LogP) is 4.35. The van der Waals surface area contributed by atoms with E-state index in [1.54, 1.807) is 36.9 Å². The molecule has 1 aliphatic heterocycles. The third kappa shape index (κ3) is 4.58. The summed E-state index contributed by atoms with van der Waals surface area (Å²) in [7, 11) is 0. The molecule has 1 aliphatic rings. The van der Waals surface area contributed by atoms with Gasteiger partial charge in [0.25, 0.3) is 12.3 Å². The summed E-state index contributed by atoms with van der Waals surface area (Å²) < 4.78 is 30.2. The van der Waals surface area contributed by atoms with Crippen LogP contribution in [0.3, 0.4) is 0 Å². The van der Waals surface area contributed by atoms with E-state index in [2.05, 4.69) is 10.3 Å². The van der Waals surface area contributed by atoms with Gasteiger partial charge in [0.05, 0.1) is 12.6 Å². The topological polar surface area (TPSA) is 71.5 Å². The molecular formula is C22H25F2N3O3. The zero-order valence-corrected chi connectivity index (χ0v) is 17.4. The van der Waals surface area contributed by atoms with Gasteiger partial charge in [0, 0.05) is 23.2 Å². The first-order valence-electron chi connectivity index (χ1n) is 9.79. The highest BCUT2D eigenvalue weighted by Gasteiger charge is 2.34. The first kappa shape index (κ1) is 21.7. The number of aryl methyl sites for hydroxylation is 1. The Morgan fingerprint density at radius 1 is 1.27 bits per heavy atom. The number of carbonyl (C=O) groups excluding carboxylic acids is 2. The molecule has 0 saturated heterocycles. The second-order valence-electron chi connectivity index (χ2n) is 7.72. The highest BCUT2D eigenvalue weighted by molar-refractivity contribution is 6.01. The Morgan fingerprint density at radius 3 is 2.67 bits per heavy atom. The average molecular weight is 417 g/mol. The van der Waals surface area contributed by atoms with Crippen molar-refractivity contribution in [3.05, 3.63) is 52.7 Å². The molecule has 1 atom stereocenters. The fourth-order valence-electron chi connectivity index (χ4n) is 3.37. The van der Waals surface area contributed by atoms with Crippen LogP contribution in [0.5, 0.6) is 5.75 Å². The number of hydrogen-bond acceptors (Lipinski definition) is 4. The molecule has 8 heteroatoms. The van der Waals surface area contributed by atoms with Gasteiger partial charge in [-0.05, 0) is 43.2 Å². The third-order valence-electron chi connectivity index (χ3n) is 5.04. The van der Waals surface area contributed by atoms with E-state index < -0.39 is 13.0 Å². The maximum absolute atomic E-state index is 13.0. The van der Waals surface area contributed by atoms with Crippen LogP contribution in [0.15, 0.2) is 30.5 Å². The number of carbonyl (C=O) groups is 2. The van der Waals surface area contributed by atoms with Crippen molar-refractivity contribution < 1.29 is 23.1 Å². The number of nitrogens with one attached hydrogen (secondary N) is 1. The number of pyridine rings is 1. The second-order valence-corrected chi connectivity index (χ2v) is 7.72. The minimum atomic E-state index is -2.56. The number of nitrogens with zero attached hydrogens (tertiary/aromatic N) is 2. The van der Waals surface area contributed by atoms with Crippen LogP contribution in [0.4, 0.5) is 14.6 Å². The van der Waals surface area contributed by atoms with E-state index in [1.807, 2.05) is 19.9 Å². The number of aromatic nitrogens is 1. The number of halogens is 2. The first-order valence-corrected chi connectivity index (χ1v) is 9.79. The molecule has 2 aromatic rings. The molecule has 2 heterocycles. The van der Waals surface area contributed by atoms with Gasteiger partial charge in [0.15, 0.2) is 0 Å². The number of rotatable bonds is 7. The zero-order chi connectivity index (χ0) is 22.0.